The monoisotopic (exact) mass is 502 g/mol. The zero-order chi connectivity index (χ0) is 21.2. The van der Waals surface area contributed by atoms with Gasteiger partial charge in [-0.25, -0.2) is 0 Å². The van der Waals surface area contributed by atoms with Gasteiger partial charge in [0.05, 0.1) is 0 Å². The fourth-order valence-electron chi connectivity index (χ4n) is 2.16. The van der Waals surface area contributed by atoms with Crippen molar-refractivity contribution in [2.45, 2.75) is 22.0 Å². The molecule has 0 saturated heterocycles. The van der Waals surface area contributed by atoms with Crippen LogP contribution in [-0.2, 0) is 23.2 Å². The average Bonchev–Trinajstić information content (AvgIpc) is 2.59. The molecule has 0 fully saturated rings. The Morgan fingerprint density at radius 1 is 0.893 bits per heavy atom. The molecule has 0 atom stereocenters. The first-order valence-electron chi connectivity index (χ1n) is 7.59. The first-order valence-corrected chi connectivity index (χ1v) is 15.6. The van der Waals surface area contributed by atoms with E-state index in [1.54, 1.807) is 24.3 Å². The molecule has 0 aliphatic carbocycles. The Labute approximate surface area is 164 Å². The van der Waals surface area contributed by atoms with E-state index < -0.39 is 38.6 Å². The molecular weight excluding hydrogens is 484 g/mol. The van der Waals surface area contributed by atoms with Crippen LogP contribution in [0.5, 0.6) is 0 Å². The molecule has 5 nitrogen and oxygen atoms in total. The average molecular weight is 501 g/mol. The van der Waals surface area contributed by atoms with Gasteiger partial charge in [0.1, 0.15) is 0 Å². The SMILES string of the molecule is C[Se](C)(/C=C(/c1ccccc1)S(=O)(=O)c1ccccc1)OS(=O)(=O)C(F)(F)F. The molecule has 0 heterocycles. The number of benzene rings is 2. The van der Waals surface area contributed by atoms with Gasteiger partial charge >= 0.3 is 165 Å². The van der Waals surface area contributed by atoms with Gasteiger partial charge in [-0.1, -0.05) is 0 Å². The maximum absolute atomic E-state index is 13.1. The molecule has 0 spiro atoms. The number of halogens is 3. The number of hydrogen-bond acceptors (Lipinski definition) is 5. The first kappa shape index (κ1) is 22.6. The van der Waals surface area contributed by atoms with Crippen molar-refractivity contribution in [2.75, 3.05) is 0 Å². The fourth-order valence-corrected chi connectivity index (χ4v) is 11.1. The Kier molecular flexibility index (Phi) is 6.47. The molecule has 0 aliphatic heterocycles. The minimum atomic E-state index is -5.86. The second-order valence-electron chi connectivity index (χ2n) is 5.94. The van der Waals surface area contributed by atoms with Crippen molar-refractivity contribution in [1.29, 1.82) is 0 Å². The van der Waals surface area contributed by atoms with E-state index in [9.17, 15) is 30.0 Å². The summed E-state index contributed by atoms with van der Waals surface area (Å²) < 4.78 is 91.6. The predicted molar refractivity (Wildman–Crippen MR) is 102 cm³/mol. The van der Waals surface area contributed by atoms with E-state index in [1.807, 2.05) is 0 Å². The summed E-state index contributed by atoms with van der Waals surface area (Å²) in [5, 5.41) is 0. The van der Waals surface area contributed by atoms with Crippen molar-refractivity contribution in [3.63, 3.8) is 0 Å². The van der Waals surface area contributed by atoms with E-state index in [-0.39, 0.29) is 15.4 Å². The van der Waals surface area contributed by atoms with E-state index in [2.05, 4.69) is 3.27 Å². The summed E-state index contributed by atoms with van der Waals surface area (Å²) in [5.41, 5.74) is -5.38. The van der Waals surface area contributed by atoms with Gasteiger partial charge in [-0.3, -0.25) is 0 Å². The number of alkyl halides is 3. The van der Waals surface area contributed by atoms with Crippen molar-refractivity contribution < 1.29 is 33.3 Å². The van der Waals surface area contributed by atoms with E-state index in [4.69, 9.17) is 0 Å². The van der Waals surface area contributed by atoms with Crippen molar-refractivity contribution in [3.8, 4) is 0 Å². The molecule has 0 amide bonds. The van der Waals surface area contributed by atoms with Gasteiger partial charge in [0.2, 0.25) is 0 Å². The van der Waals surface area contributed by atoms with Gasteiger partial charge in [0, 0.05) is 0 Å². The van der Waals surface area contributed by atoms with Gasteiger partial charge < -0.3 is 0 Å². The molecule has 154 valence electrons. The summed E-state index contributed by atoms with van der Waals surface area (Å²) in [4.78, 5) is 0.635. The minimum absolute atomic E-state index is 0.0726. The molecule has 2 rings (SSSR count). The third-order valence-corrected chi connectivity index (χ3v) is 11.6. The van der Waals surface area contributed by atoms with Crippen molar-refractivity contribution in [3.05, 3.63) is 71.2 Å². The van der Waals surface area contributed by atoms with Crippen LogP contribution in [0.1, 0.15) is 5.56 Å². The molecule has 0 N–H and O–H groups in total. The topological polar surface area (TPSA) is 77.5 Å². The van der Waals surface area contributed by atoms with Crippen molar-refractivity contribution in [2.24, 2.45) is 0 Å². The molecular formula is C17H17F3O5S2Se. The Balaban J connectivity index is 2.64. The second kappa shape index (κ2) is 8.00. The Morgan fingerprint density at radius 3 is 1.82 bits per heavy atom. The number of hydrogen-bond donors (Lipinski definition) is 0. The molecule has 0 bridgehead atoms. The maximum atomic E-state index is 13.1. The van der Waals surface area contributed by atoms with Gasteiger partial charge in [0.15, 0.2) is 0 Å². The standard InChI is InChI=1S/C17H17F3O5S2Se/c1-28(2,25-27(23,24)17(18,19)20)13-16(14-9-5-3-6-10-14)26(21,22)15-11-7-4-8-12-15/h3-13H,1-2H3/b16-13-. The van der Waals surface area contributed by atoms with Gasteiger partial charge in [0.25, 0.3) is 0 Å². The molecule has 0 aromatic heterocycles. The second-order valence-corrected chi connectivity index (χ2v) is 16.2. The first-order chi connectivity index (χ1) is 12.8. The molecule has 0 saturated carbocycles. The van der Waals surface area contributed by atoms with Crippen LogP contribution < -0.4 is 0 Å². The third kappa shape index (κ3) is 5.24. The molecule has 0 aliphatic rings. The Bertz CT molecular complexity index is 1060. The van der Waals surface area contributed by atoms with E-state index in [0.29, 0.717) is 0 Å². The van der Waals surface area contributed by atoms with Crippen LogP contribution in [-0.4, -0.2) is 35.5 Å². The molecule has 11 heteroatoms. The van der Waals surface area contributed by atoms with Crippen LogP contribution in [0, 0.1) is 0 Å². The van der Waals surface area contributed by atoms with Gasteiger partial charge in [-0.15, -0.1) is 0 Å². The Hall–Kier alpha value is -1.65. The summed E-state index contributed by atoms with van der Waals surface area (Å²) in [7, 11) is -10.00. The van der Waals surface area contributed by atoms with E-state index >= 15 is 0 Å². The van der Waals surface area contributed by atoms with E-state index in [1.165, 1.54) is 48.0 Å². The molecule has 2 aromatic rings. The van der Waals surface area contributed by atoms with Crippen LogP contribution in [0.15, 0.2) is 70.5 Å². The van der Waals surface area contributed by atoms with Gasteiger partial charge in [-0.2, -0.15) is 0 Å². The zero-order valence-electron chi connectivity index (χ0n) is 14.8. The summed E-state index contributed by atoms with van der Waals surface area (Å²) in [6, 6.07) is 15.0. The Morgan fingerprint density at radius 2 is 1.36 bits per heavy atom. The van der Waals surface area contributed by atoms with Crippen LogP contribution >= 0.6 is 0 Å². The molecule has 28 heavy (non-hydrogen) atoms. The summed E-state index contributed by atoms with van der Waals surface area (Å²) >= 11 is -4.00. The van der Waals surface area contributed by atoms with Gasteiger partial charge in [-0.05, 0) is 0 Å². The quantitative estimate of drug-likeness (QED) is 0.440. The third-order valence-electron chi connectivity index (χ3n) is 3.34. The predicted octanol–water partition coefficient (Wildman–Crippen LogP) is 4.11. The van der Waals surface area contributed by atoms with Crippen LogP contribution in [0.3, 0.4) is 0 Å². The van der Waals surface area contributed by atoms with E-state index in [0.717, 1.165) is 4.97 Å². The van der Waals surface area contributed by atoms with Crippen molar-refractivity contribution in [1.82, 2.24) is 0 Å². The summed E-state index contributed by atoms with van der Waals surface area (Å²) in [6.07, 6.45) is 0. The molecule has 2 aromatic carbocycles. The van der Waals surface area contributed by atoms with Crippen LogP contribution in [0.4, 0.5) is 13.2 Å². The number of rotatable bonds is 6. The fraction of sp³-hybridized carbons (Fsp3) is 0.176. The normalized spacial score (nSPS) is 14.7. The van der Waals surface area contributed by atoms with Crippen LogP contribution in [0.25, 0.3) is 4.91 Å². The molecule has 0 radical (unpaired) electrons. The van der Waals surface area contributed by atoms with Crippen molar-refractivity contribution >= 4 is 38.0 Å². The zero-order valence-corrected chi connectivity index (χ0v) is 18.1. The number of sulfone groups is 1. The summed E-state index contributed by atoms with van der Waals surface area (Å²) in [6.45, 7) is 0. The van der Waals surface area contributed by atoms with Crippen LogP contribution in [0.2, 0.25) is 11.6 Å². The summed E-state index contributed by atoms with van der Waals surface area (Å²) in [5.74, 6) is 2.37. The molecule has 0 unspecified atom stereocenters.